The minimum atomic E-state index is -1.00. The lowest BCUT2D eigenvalue weighted by Gasteiger charge is -2.42. The maximum atomic E-state index is 16.0. The van der Waals surface area contributed by atoms with Gasteiger partial charge in [-0.3, -0.25) is 19.3 Å². The molecule has 3 amide bonds. The number of β-amino-alcohol motifs (C(OH)–C–C–N with tert-alkyl or cyclic N) is 1. The van der Waals surface area contributed by atoms with E-state index in [0.717, 1.165) is 43.9 Å². The van der Waals surface area contributed by atoms with E-state index >= 15 is 8.78 Å². The molecule has 4 heterocycles. The van der Waals surface area contributed by atoms with Gasteiger partial charge in [0, 0.05) is 73.0 Å². The van der Waals surface area contributed by atoms with Crippen molar-refractivity contribution in [1.29, 1.82) is 0 Å². The first-order valence-corrected chi connectivity index (χ1v) is 24.8. The van der Waals surface area contributed by atoms with Crippen molar-refractivity contribution in [1.82, 2.24) is 30.4 Å². The molecule has 3 aromatic carbocycles. The highest BCUT2D eigenvalue weighted by molar-refractivity contribution is 7.13. The second-order valence-corrected chi connectivity index (χ2v) is 20.2. The summed E-state index contributed by atoms with van der Waals surface area (Å²) in [4.78, 5) is 52.6. The van der Waals surface area contributed by atoms with Gasteiger partial charge in [-0.25, -0.2) is 13.8 Å². The van der Waals surface area contributed by atoms with Crippen LogP contribution in [0.25, 0.3) is 21.3 Å². The molecule has 2 aliphatic rings. The maximum absolute atomic E-state index is 16.0. The molecule has 0 saturated carbocycles. The summed E-state index contributed by atoms with van der Waals surface area (Å²) in [7, 11) is 0. The fourth-order valence-electron chi connectivity index (χ4n) is 9.23. The second kappa shape index (κ2) is 23.7. The Hall–Kier alpha value is -5.34. The van der Waals surface area contributed by atoms with Crippen molar-refractivity contribution >= 4 is 40.0 Å². The number of aromatic amines is 1. The summed E-state index contributed by atoms with van der Waals surface area (Å²) in [6.45, 7) is 12.4. The number of benzene rings is 3. The zero-order chi connectivity index (χ0) is 50.1. The van der Waals surface area contributed by atoms with E-state index < -0.39 is 59.0 Å². The number of hydrogen-bond acceptors (Lipinski definition) is 12. The molecule has 1 fully saturated rings. The molecule has 0 radical (unpaired) electrons. The number of halogens is 2. The number of H-pyrrole nitrogens is 1. The van der Waals surface area contributed by atoms with Crippen molar-refractivity contribution in [3.05, 3.63) is 106 Å². The summed E-state index contributed by atoms with van der Waals surface area (Å²) in [5.74, 6) is -2.92. The molecule has 5 aromatic rings. The van der Waals surface area contributed by atoms with E-state index in [1.165, 1.54) is 17.0 Å². The standard InChI is InChI=1S/C52H66F2N6O9S/c1-31(28-61)26-59-32(2)21-39-38-9-7-8-10-42(38)57-46(39)47(59)45-40(53)23-37(24-41(45)54)69-20-19-67-16-15-66-17-18-68-29-44(63)58-49(52(4,5)6)51(65)60-27-36(62)22-43(60)50(64)55-25-34-11-13-35(14-12-34)48-33(3)56-30-70-48/h7-14,23-24,30-32,36,43,47,49,57,61-62H,15-22,25-29H2,1-6H3,(H,55,64)(H,58,63)/t31-,32+,36+,43-,47+,49+/m0/s1. The van der Waals surface area contributed by atoms with Crippen LogP contribution in [-0.4, -0.2) is 138 Å². The van der Waals surface area contributed by atoms with Crippen LogP contribution in [-0.2, 0) is 41.6 Å². The van der Waals surface area contributed by atoms with Gasteiger partial charge >= 0.3 is 0 Å². The number of carbonyl (C=O) groups excluding carboxylic acids is 3. The Morgan fingerprint density at radius 1 is 0.971 bits per heavy atom. The summed E-state index contributed by atoms with van der Waals surface area (Å²) in [5, 5.41) is 27.1. The predicted octanol–water partition coefficient (Wildman–Crippen LogP) is 6.08. The van der Waals surface area contributed by atoms with E-state index in [1.807, 2.05) is 90.1 Å². The summed E-state index contributed by atoms with van der Waals surface area (Å²) >= 11 is 1.56. The molecule has 0 bridgehead atoms. The van der Waals surface area contributed by atoms with Gasteiger partial charge in [0.05, 0.1) is 61.3 Å². The number of rotatable bonds is 22. The fourth-order valence-corrected chi connectivity index (χ4v) is 10.0. The number of fused-ring (bicyclic) bond motifs is 3. The third-order valence-corrected chi connectivity index (χ3v) is 13.8. The molecule has 2 aromatic heterocycles. The predicted molar refractivity (Wildman–Crippen MR) is 262 cm³/mol. The number of hydrogen-bond donors (Lipinski definition) is 5. The third kappa shape index (κ3) is 12.8. The van der Waals surface area contributed by atoms with Crippen molar-refractivity contribution < 1.29 is 52.3 Å². The van der Waals surface area contributed by atoms with Gasteiger partial charge in [-0.15, -0.1) is 11.3 Å². The Bertz CT molecular complexity index is 2540. The van der Waals surface area contributed by atoms with Gasteiger partial charge < -0.3 is 49.7 Å². The highest BCUT2D eigenvalue weighted by Crippen LogP contribution is 2.43. The monoisotopic (exact) mass is 988 g/mol. The SMILES string of the molecule is Cc1ncsc1-c1ccc(CNC(=O)[C@@H]2C[C@@H](O)CN2C(=O)[C@@H](NC(=O)COCCOCCOCCOc2cc(F)c([C@@H]3c4[nH]c5ccccc5c4C[C@@H](C)N3C[C@H](C)CO)c(F)c2)C(C)(C)C)cc1. The van der Waals surface area contributed by atoms with Gasteiger partial charge in [-0.2, -0.15) is 0 Å². The number of nitrogens with zero attached hydrogens (tertiary/aromatic N) is 3. The van der Waals surface area contributed by atoms with Crippen LogP contribution < -0.4 is 15.4 Å². The number of likely N-dealkylation sites (tertiary alicyclic amines) is 1. The van der Waals surface area contributed by atoms with E-state index in [0.29, 0.717) is 13.0 Å². The molecule has 7 rings (SSSR count). The normalized spacial score (nSPS) is 19.3. The zero-order valence-electron chi connectivity index (χ0n) is 40.8. The lowest BCUT2D eigenvalue weighted by molar-refractivity contribution is -0.144. The number of amides is 3. The largest absolute Gasteiger partial charge is 0.491 e. The summed E-state index contributed by atoms with van der Waals surface area (Å²) in [6.07, 6.45) is -0.120. The Morgan fingerprint density at radius 2 is 1.64 bits per heavy atom. The topological polar surface area (TPSA) is 188 Å². The van der Waals surface area contributed by atoms with Gasteiger partial charge in [0.25, 0.3) is 0 Å². The van der Waals surface area contributed by atoms with Crippen LogP contribution >= 0.6 is 11.3 Å². The van der Waals surface area contributed by atoms with Crippen molar-refractivity contribution in [3.8, 4) is 16.2 Å². The molecule has 18 heteroatoms. The Morgan fingerprint density at radius 3 is 2.30 bits per heavy atom. The molecule has 2 aliphatic heterocycles. The number of ether oxygens (including phenoxy) is 4. The van der Waals surface area contributed by atoms with E-state index in [9.17, 15) is 24.6 Å². The summed E-state index contributed by atoms with van der Waals surface area (Å²) in [6, 6.07) is 15.4. The highest BCUT2D eigenvalue weighted by atomic mass is 32.1. The van der Waals surface area contributed by atoms with Gasteiger partial charge in [0.1, 0.15) is 42.7 Å². The first kappa shape index (κ1) is 52.5. The van der Waals surface area contributed by atoms with Crippen LogP contribution in [0.4, 0.5) is 8.78 Å². The summed E-state index contributed by atoms with van der Waals surface area (Å²) in [5.41, 5.74) is 6.55. The van der Waals surface area contributed by atoms with E-state index in [1.54, 1.807) is 16.8 Å². The van der Waals surface area contributed by atoms with Crippen molar-refractivity contribution in [2.24, 2.45) is 11.3 Å². The molecule has 15 nitrogen and oxygen atoms in total. The Labute approximate surface area is 411 Å². The minimum absolute atomic E-state index is 0.0347. The van der Waals surface area contributed by atoms with Crippen LogP contribution in [0.15, 0.2) is 66.2 Å². The molecule has 70 heavy (non-hydrogen) atoms. The minimum Gasteiger partial charge on any atom is -0.491 e. The van der Waals surface area contributed by atoms with E-state index in [2.05, 4.69) is 25.5 Å². The maximum Gasteiger partial charge on any atom is 0.246 e. The smallest absolute Gasteiger partial charge is 0.246 e. The molecule has 0 aliphatic carbocycles. The lowest BCUT2D eigenvalue weighted by Crippen LogP contribution is -2.58. The number of aryl methyl sites for hydroxylation is 1. The van der Waals surface area contributed by atoms with Crippen LogP contribution in [0.1, 0.15) is 75.2 Å². The first-order chi connectivity index (χ1) is 33.5. The quantitative estimate of drug-likeness (QED) is 0.0506. The number of carbonyl (C=O) groups is 3. The summed E-state index contributed by atoms with van der Waals surface area (Å²) < 4.78 is 54.4. The molecule has 1 saturated heterocycles. The first-order valence-electron chi connectivity index (χ1n) is 23.9. The van der Waals surface area contributed by atoms with Crippen LogP contribution in [0.3, 0.4) is 0 Å². The van der Waals surface area contributed by atoms with E-state index in [4.69, 9.17) is 18.9 Å². The number of nitrogens with one attached hydrogen (secondary N) is 3. The molecular formula is C52H66F2N6O9S. The number of aliphatic hydroxyl groups excluding tert-OH is 2. The zero-order valence-corrected chi connectivity index (χ0v) is 41.6. The molecule has 0 unspecified atom stereocenters. The fraction of sp³-hybridized carbons (Fsp3) is 0.500. The third-order valence-electron chi connectivity index (χ3n) is 12.9. The molecule has 6 atom stereocenters. The molecule has 0 spiro atoms. The van der Waals surface area contributed by atoms with Crippen molar-refractivity contribution in [3.63, 3.8) is 0 Å². The van der Waals surface area contributed by atoms with Crippen molar-refractivity contribution in [2.75, 3.05) is 65.9 Å². The number of para-hydroxylation sites is 1. The van der Waals surface area contributed by atoms with Gasteiger partial charge in [0.15, 0.2) is 0 Å². The number of aromatic nitrogens is 2. The lowest BCUT2D eigenvalue weighted by atomic mass is 9.85. The van der Waals surface area contributed by atoms with Gasteiger partial charge in [-0.1, -0.05) is 70.2 Å². The van der Waals surface area contributed by atoms with Gasteiger partial charge in [-0.05, 0) is 54.4 Å². The molecular weight excluding hydrogens is 923 g/mol. The van der Waals surface area contributed by atoms with Crippen LogP contribution in [0.5, 0.6) is 5.75 Å². The molecule has 378 valence electrons. The van der Waals surface area contributed by atoms with Crippen molar-refractivity contribution in [2.45, 2.75) is 91.2 Å². The average molecular weight is 989 g/mol. The average Bonchev–Trinajstić information content (AvgIpc) is 4.05. The second-order valence-electron chi connectivity index (χ2n) is 19.4. The Kier molecular flexibility index (Phi) is 17.8. The number of aliphatic hydroxyl groups is 2. The van der Waals surface area contributed by atoms with Crippen LogP contribution in [0, 0.1) is 29.9 Å². The number of thiazole rings is 1. The van der Waals surface area contributed by atoms with Gasteiger partial charge in [0.2, 0.25) is 17.7 Å². The van der Waals surface area contributed by atoms with E-state index in [-0.39, 0.29) is 95.6 Å². The molecule has 5 N–H and O–H groups in total. The van der Waals surface area contributed by atoms with Crippen LogP contribution in [0.2, 0.25) is 0 Å². The Balaban J connectivity index is 0.807. The highest BCUT2D eigenvalue weighted by Gasteiger charge is 2.45.